The molecule has 2 N–H and O–H groups in total. The highest BCUT2D eigenvalue weighted by Crippen LogP contribution is 2.32. The monoisotopic (exact) mass is 428 g/mol. The maximum Gasteiger partial charge on any atom is 0.293 e. The fraction of sp³-hybridized carbons (Fsp3) is 0.167. The van der Waals surface area contributed by atoms with E-state index >= 15 is 0 Å². The number of hydrogen-bond acceptors (Lipinski definition) is 6. The molecule has 0 heterocycles. The molecule has 4 rings (SSSR count). The lowest BCUT2D eigenvalue weighted by Gasteiger charge is -2.12. The van der Waals surface area contributed by atoms with Gasteiger partial charge in [-0.1, -0.05) is 0 Å². The summed E-state index contributed by atoms with van der Waals surface area (Å²) in [7, 11) is 0. The van der Waals surface area contributed by atoms with E-state index in [2.05, 4.69) is 16.7 Å². The van der Waals surface area contributed by atoms with Gasteiger partial charge in [0.05, 0.1) is 16.6 Å². The van der Waals surface area contributed by atoms with Gasteiger partial charge in [-0.15, -0.1) is 0 Å². The number of benzene rings is 3. The van der Waals surface area contributed by atoms with E-state index in [0.717, 1.165) is 18.4 Å². The second kappa shape index (κ2) is 8.78. The number of rotatable bonds is 7. The molecule has 1 saturated carbocycles. The molecule has 3 aromatic carbocycles. The van der Waals surface area contributed by atoms with Crippen molar-refractivity contribution < 1.29 is 14.5 Å². The highest BCUT2D eigenvalue weighted by Gasteiger charge is 2.25. The number of carbonyl (C=O) groups excluding carboxylic acids is 1. The molecule has 1 amide bonds. The lowest BCUT2D eigenvalue weighted by Crippen LogP contribution is -2.14. The number of ether oxygens (including phenoxy) is 1. The van der Waals surface area contributed by atoms with E-state index in [1.165, 1.54) is 6.07 Å². The van der Waals surface area contributed by atoms with Crippen molar-refractivity contribution in [2.24, 2.45) is 0 Å². The molecule has 3 aromatic rings. The Balaban J connectivity index is 1.47. The zero-order valence-electron chi connectivity index (χ0n) is 17.3. The minimum Gasteiger partial charge on any atom is -0.457 e. The zero-order valence-corrected chi connectivity index (χ0v) is 17.3. The summed E-state index contributed by atoms with van der Waals surface area (Å²) in [6.07, 6.45) is 1.98. The molecule has 8 nitrogen and oxygen atoms in total. The first-order valence-corrected chi connectivity index (χ1v) is 10.1. The maximum absolute atomic E-state index is 12.7. The number of hydrogen-bond donors (Lipinski definition) is 2. The van der Waals surface area contributed by atoms with Gasteiger partial charge in [-0.3, -0.25) is 14.9 Å². The Morgan fingerprint density at radius 1 is 1.06 bits per heavy atom. The van der Waals surface area contributed by atoms with E-state index in [9.17, 15) is 14.9 Å². The van der Waals surface area contributed by atoms with E-state index in [-0.39, 0.29) is 17.3 Å². The van der Waals surface area contributed by atoms with Crippen molar-refractivity contribution in [1.82, 2.24) is 0 Å². The third-order valence-electron chi connectivity index (χ3n) is 5.06. The predicted octanol–water partition coefficient (Wildman–Crippen LogP) is 5.39. The number of anilines is 2. The minimum absolute atomic E-state index is 0.118. The molecule has 1 aliphatic rings. The predicted molar refractivity (Wildman–Crippen MR) is 120 cm³/mol. The second-order valence-electron chi connectivity index (χ2n) is 7.58. The van der Waals surface area contributed by atoms with Gasteiger partial charge in [-0.25, -0.2) is 0 Å². The average molecular weight is 428 g/mol. The van der Waals surface area contributed by atoms with Crippen molar-refractivity contribution in [2.75, 3.05) is 10.6 Å². The van der Waals surface area contributed by atoms with Gasteiger partial charge in [0.1, 0.15) is 17.2 Å². The van der Waals surface area contributed by atoms with Crippen LogP contribution in [0.3, 0.4) is 0 Å². The standard InChI is InChI=1S/C24H20N4O4/c1-15-12-20(32-19-7-2-16(14-25)3-8-19)9-11-21(15)27-24(29)17-4-10-22(26-18-5-6-18)23(13-17)28(30)31/h2-4,7-13,18,26H,5-6H2,1H3,(H,27,29). The van der Waals surface area contributed by atoms with Crippen molar-refractivity contribution in [3.8, 4) is 17.6 Å². The molecule has 0 bridgehead atoms. The molecule has 0 atom stereocenters. The van der Waals surface area contributed by atoms with E-state index in [4.69, 9.17) is 10.00 Å². The summed E-state index contributed by atoms with van der Waals surface area (Å²) in [5.74, 6) is 0.735. The van der Waals surface area contributed by atoms with Gasteiger partial charge in [-0.2, -0.15) is 5.26 Å². The first kappa shape index (κ1) is 20.9. The quantitative estimate of drug-likeness (QED) is 0.385. The van der Waals surface area contributed by atoms with Gasteiger partial charge in [0.15, 0.2) is 0 Å². The van der Waals surface area contributed by atoms with Crippen molar-refractivity contribution >= 4 is 23.0 Å². The number of nitro groups is 1. The zero-order chi connectivity index (χ0) is 22.7. The summed E-state index contributed by atoms with van der Waals surface area (Å²) in [6, 6.07) is 18.7. The number of nitrogens with zero attached hydrogens (tertiary/aromatic N) is 2. The molecule has 160 valence electrons. The summed E-state index contributed by atoms with van der Waals surface area (Å²) in [6.45, 7) is 1.83. The fourth-order valence-electron chi connectivity index (χ4n) is 3.16. The van der Waals surface area contributed by atoms with Crippen LogP contribution in [0.1, 0.15) is 34.3 Å². The summed E-state index contributed by atoms with van der Waals surface area (Å²) in [5, 5.41) is 26.2. The average Bonchev–Trinajstić information content (AvgIpc) is 3.60. The summed E-state index contributed by atoms with van der Waals surface area (Å²) in [4.78, 5) is 23.7. The third-order valence-corrected chi connectivity index (χ3v) is 5.06. The molecular formula is C24H20N4O4. The van der Waals surface area contributed by atoms with Gasteiger partial charge in [0, 0.05) is 23.4 Å². The number of aryl methyl sites for hydroxylation is 1. The third kappa shape index (κ3) is 4.84. The number of carbonyl (C=O) groups is 1. The van der Waals surface area contributed by atoms with Crippen molar-refractivity contribution in [1.29, 1.82) is 5.26 Å². The first-order chi connectivity index (χ1) is 15.4. The van der Waals surface area contributed by atoms with Crippen LogP contribution in [-0.4, -0.2) is 16.9 Å². The van der Waals surface area contributed by atoms with E-state index in [1.807, 2.05) is 6.92 Å². The van der Waals surface area contributed by atoms with Crippen LogP contribution in [-0.2, 0) is 0 Å². The summed E-state index contributed by atoms with van der Waals surface area (Å²) < 4.78 is 5.79. The lowest BCUT2D eigenvalue weighted by molar-refractivity contribution is -0.384. The molecule has 8 heteroatoms. The Kier molecular flexibility index (Phi) is 5.73. The van der Waals surface area contributed by atoms with Crippen LogP contribution in [0.5, 0.6) is 11.5 Å². The highest BCUT2D eigenvalue weighted by atomic mass is 16.6. The molecule has 1 fully saturated rings. The van der Waals surface area contributed by atoms with Crippen LogP contribution in [0.25, 0.3) is 0 Å². The van der Waals surface area contributed by atoms with Crippen molar-refractivity contribution in [3.63, 3.8) is 0 Å². The maximum atomic E-state index is 12.7. The smallest absolute Gasteiger partial charge is 0.293 e. The second-order valence-corrected chi connectivity index (χ2v) is 7.58. The topological polar surface area (TPSA) is 117 Å². The van der Waals surface area contributed by atoms with Crippen molar-refractivity contribution in [3.05, 3.63) is 87.5 Å². The summed E-state index contributed by atoms with van der Waals surface area (Å²) in [5.41, 5.74) is 2.40. The minimum atomic E-state index is -0.484. The van der Waals surface area contributed by atoms with Crippen molar-refractivity contribution in [2.45, 2.75) is 25.8 Å². The van der Waals surface area contributed by atoms with Crippen LogP contribution < -0.4 is 15.4 Å². The van der Waals surface area contributed by atoms with E-state index in [1.54, 1.807) is 54.6 Å². The van der Waals surface area contributed by atoms with Crippen LogP contribution >= 0.6 is 0 Å². The summed E-state index contributed by atoms with van der Waals surface area (Å²) >= 11 is 0. The fourth-order valence-corrected chi connectivity index (χ4v) is 3.16. The Morgan fingerprint density at radius 2 is 1.75 bits per heavy atom. The van der Waals surface area contributed by atoms with Crippen LogP contribution in [0, 0.1) is 28.4 Å². The molecule has 0 saturated heterocycles. The highest BCUT2D eigenvalue weighted by molar-refractivity contribution is 6.05. The number of nitro benzene ring substituents is 1. The van der Waals surface area contributed by atoms with Crippen LogP contribution in [0.15, 0.2) is 60.7 Å². The Bertz CT molecular complexity index is 1230. The molecule has 0 unspecified atom stereocenters. The van der Waals surface area contributed by atoms with Gasteiger partial charge < -0.3 is 15.4 Å². The molecule has 0 aliphatic heterocycles. The van der Waals surface area contributed by atoms with Gasteiger partial charge >= 0.3 is 0 Å². The Hall–Kier alpha value is -4.38. The van der Waals surface area contributed by atoms with Crippen LogP contribution in [0.4, 0.5) is 17.1 Å². The molecule has 1 aliphatic carbocycles. The van der Waals surface area contributed by atoms with Gasteiger partial charge in [0.2, 0.25) is 0 Å². The molecule has 0 spiro atoms. The first-order valence-electron chi connectivity index (χ1n) is 10.1. The SMILES string of the molecule is Cc1cc(Oc2ccc(C#N)cc2)ccc1NC(=O)c1ccc(NC2CC2)c([N+](=O)[O-])c1. The normalized spacial score (nSPS) is 12.5. The number of nitrogens with one attached hydrogen (secondary N) is 2. The number of amides is 1. The molecule has 0 aromatic heterocycles. The van der Waals surface area contributed by atoms with E-state index < -0.39 is 10.8 Å². The van der Waals surface area contributed by atoms with E-state index in [0.29, 0.717) is 28.4 Å². The molecule has 32 heavy (non-hydrogen) atoms. The van der Waals surface area contributed by atoms with Gasteiger partial charge in [0.25, 0.3) is 11.6 Å². The van der Waals surface area contributed by atoms with Gasteiger partial charge in [-0.05, 0) is 79.9 Å². The molecular weight excluding hydrogens is 408 g/mol. The Labute approximate surface area is 184 Å². The molecule has 0 radical (unpaired) electrons. The Morgan fingerprint density at radius 3 is 2.38 bits per heavy atom. The largest absolute Gasteiger partial charge is 0.457 e. The van der Waals surface area contributed by atoms with Crippen LogP contribution in [0.2, 0.25) is 0 Å². The number of nitriles is 1. The lowest BCUT2D eigenvalue weighted by atomic mass is 10.1.